The van der Waals surface area contributed by atoms with E-state index in [2.05, 4.69) is 13.5 Å². The van der Waals surface area contributed by atoms with Gasteiger partial charge in [0.15, 0.2) is 11.6 Å². The second kappa shape index (κ2) is 12.4. The molecule has 212 valence electrons. The van der Waals surface area contributed by atoms with Crippen molar-refractivity contribution >= 4 is 17.5 Å². The summed E-state index contributed by atoms with van der Waals surface area (Å²) in [5.74, 6) is -0.739. The number of fused-ring (bicyclic) bond motifs is 5. The molecule has 4 aliphatic rings. The van der Waals surface area contributed by atoms with E-state index in [0.29, 0.717) is 25.0 Å². The first-order chi connectivity index (χ1) is 17.9. The molecule has 4 rings (SSSR count). The summed E-state index contributed by atoms with van der Waals surface area (Å²) in [6.07, 6.45) is 9.69. The highest BCUT2D eigenvalue weighted by Gasteiger charge is 2.65. The fourth-order valence-electron chi connectivity index (χ4n) is 8.23. The summed E-state index contributed by atoms with van der Waals surface area (Å²) in [4.78, 5) is 35.1. The first-order valence-electron chi connectivity index (χ1n) is 14.1. The fourth-order valence-corrected chi connectivity index (χ4v) is 8.23. The summed E-state index contributed by atoms with van der Waals surface area (Å²) in [5, 5.41) is 20.6. The van der Waals surface area contributed by atoms with Gasteiger partial charge in [0, 0.05) is 23.7 Å². The lowest BCUT2D eigenvalue weighted by molar-refractivity contribution is -0.145. The molecular weight excluding hydrogens is 487 g/mol. The Morgan fingerprint density at radius 1 is 1.26 bits per heavy atom. The summed E-state index contributed by atoms with van der Waals surface area (Å²) in [7, 11) is 0. The minimum Gasteiger partial charge on any atom is -0.461 e. The number of aliphatic hydroxyl groups excluding tert-OH is 2. The minimum absolute atomic E-state index is 0.0484. The molecule has 0 aromatic carbocycles. The van der Waals surface area contributed by atoms with Crippen molar-refractivity contribution in [1.82, 2.24) is 0 Å². The van der Waals surface area contributed by atoms with Crippen LogP contribution in [0, 0.1) is 40.4 Å². The predicted molar refractivity (Wildman–Crippen MR) is 144 cm³/mol. The number of carbonyl (C=O) groups is 3. The van der Waals surface area contributed by atoms with Crippen LogP contribution in [0.5, 0.6) is 0 Å². The van der Waals surface area contributed by atoms with Gasteiger partial charge in [-0.2, -0.15) is 0 Å². The van der Waals surface area contributed by atoms with Gasteiger partial charge in [-0.3, -0.25) is 14.4 Å². The van der Waals surface area contributed by atoms with Crippen LogP contribution in [0.1, 0.15) is 72.6 Å². The Bertz CT molecular complexity index is 971. The number of halogens is 1. The van der Waals surface area contributed by atoms with Gasteiger partial charge in [0.25, 0.3) is 0 Å². The van der Waals surface area contributed by atoms with Crippen molar-refractivity contribution in [1.29, 1.82) is 0 Å². The molecule has 7 heteroatoms. The summed E-state index contributed by atoms with van der Waals surface area (Å²) in [6.45, 7) is 11.4. The van der Waals surface area contributed by atoms with E-state index in [1.165, 1.54) is 12.2 Å². The summed E-state index contributed by atoms with van der Waals surface area (Å²) in [5.41, 5.74) is -0.599. The van der Waals surface area contributed by atoms with Crippen LogP contribution in [0.15, 0.2) is 36.5 Å². The Balaban J connectivity index is 0.000000310. The molecular formula is C31H45FO6. The molecule has 6 nitrogen and oxygen atoms in total. The largest absolute Gasteiger partial charge is 0.461 e. The Kier molecular flexibility index (Phi) is 9.91. The van der Waals surface area contributed by atoms with Crippen molar-refractivity contribution in [2.24, 2.45) is 40.4 Å². The van der Waals surface area contributed by atoms with Crippen molar-refractivity contribution in [3.05, 3.63) is 36.5 Å². The zero-order chi connectivity index (χ0) is 28.3. The molecule has 0 saturated heterocycles. The third kappa shape index (κ3) is 5.74. The van der Waals surface area contributed by atoms with E-state index in [0.717, 1.165) is 25.7 Å². The van der Waals surface area contributed by atoms with Crippen molar-refractivity contribution in [3.8, 4) is 0 Å². The van der Waals surface area contributed by atoms with Gasteiger partial charge in [0.2, 0.25) is 0 Å². The van der Waals surface area contributed by atoms with Gasteiger partial charge in [-0.15, -0.1) is 0 Å². The second-order valence-corrected chi connectivity index (χ2v) is 12.1. The van der Waals surface area contributed by atoms with E-state index in [1.807, 2.05) is 20.8 Å². The molecule has 2 N–H and O–H groups in total. The van der Waals surface area contributed by atoms with Crippen molar-refractivity contribution < 1.29 is 33.7 Å². The smallest absolute Gasteiger partial charge is 0.306 e. The minimum atomic E-state index is -1.21. The monoisotopic (exact) mass is 532 g/mol. The zero-order valence-corrected chi connectivity index (χ0v) is 23.3. The Morgan fingerprint density at radius 2 is 1.97 bits per heavy atom. The lowest BCUT2D eigenvalue weighted by atomic mass is 9.46. The number of hydrogen-bond donors (Lipinski definition) is 2. The van der Waals surface area contributed by atoms with Crippen LogP contribution in [0.4, 0.5) is 4.39 Å². The average molecular weight is 533 g/mol. The number of alkyl halides is 1. The van der Waals surface area contributed by atoms with Gasteiger partial charge < -0.3 is 14.9 Å². The molecule has 0 spiro atoms. The summed E-state index contributed by atoms with van der Waals surface area (Å²) < 4.78 is 20.0. The highest BCUT2D eigenvalue weighted by atomic mass is 19.1. The number of unbranched alkanes of at least 4 members (excludes halogenated alkanes) is 2. The SMILES string of the molecule is C=CCOC(=O)CCCCC.C[C@@H]1C[C@H]2[C@@H]3C[C@H](F)C4=CC(=O)C=C[C@]4(C)[C@H]3[C@@H](O)C[C@]2(C)[C@H]1C(=O)CO. The Morgan fingerprint density at radius 3 is 2.61 bits per heavy atom. The molecule has 4 aliphatic carbocycles. The van der Waals surface area contributed by atoms with Crippen LogP contribution in [-0.2, 0) is 19.1 Å². The van der Waals surface area contributed by atoms with Crippen molar-refractivity contribution in [2.75, 3.05) is 13.2 Å². The van der Waals surface area contributed by atoms with Crippen molar-refractivity contribution in [2.45, 2.75) is 84.9 Å². The number of aliphatic hydroxyl groups is 2. The topological polar surface area (TPSA) is 101 Å². The average Bonchev–Trinajstić information content (AvgIpc) is 3.13. The molecule has 3 saturated carbocycles. The molecule has 9 atom stereocenters. The van der Waals surface area contributed by atoms with Gasteiger partial charge in [-0.25, -0.2) is 4.39 Å². The third-order valence-corrected chi connectivity index (χ3v) is 9.67. The first-order valence-corrected chi connectivity index (χ1v) is 14.1. The fraction of sp³-hybridized carbons (Fsp3) is 0.710. The quantitative estimate of drug-likeness (QED) is 0.261. The standard InChI is InChI=1S/C22H29FO4.C9H16O2/c1-11-6-14-13-8-16(23)15-7-12(25)4-5-21(15,2)20(13)17(26)9-22(14,3)19(11)18(27)10-24;1-3-5-6-7-9(10)11-8-4-2/h4-5,7,11,13-14,16-17,19-20,24,26H,6,8-10H2,1-3H3;4H,2-3,5-8H2,1H3/t11-,13+,14+,16+,17+,19-,20-,21+,22+;/m1./s1. The first kappa shape index (κ1) is 30.4. The molecule has 0 aliphatic heterocycles. The maximum atomic E-state index is 15.2. The van der Waals surface area contributed by atoms with E-state index >= 15 is 4.39 Å². The Hall–Kier alpha value is -2.12. The number of esters is 1. The van der Waals surface area contributed by atoms with Crippen LogP contribution in [-0.4, -0.2) is 53.2 Å². The lowest BCUT2D eigenvalue weighted by Crippen LogP contribution is -2.58. The number of rotatable bonds is 8. The van der Waals surface area contributed by atoms with Crippen LogP contribution in [0.2, 0.25) is 0 Å². The zero-order valence-electron chi connectivity index (χ0n) is 23.3. The van der Waals surface area contributed by atoms with Crippen molar-refractivity contribution in [3.63, 3.8) is 0 Å². The second-order valence-electron chi connectivity index (χ2n) is 12.1. The number of ketones is 2. The van der Waals surface area contributed by atoms with Crippen LogP contribution < -0.4 is 0 Å². The molecule has 0 aromatic heterocycles. The maximum Gasteiger partial charge on any atom is 0.306 e. The number of allylic oxidation sites excluding steroid dienone is 4. The van der Waals surface area contributed by atoms with Gasteiger partial charge in [0.05, 0.1) is 6.10 Å². The van der Waals surface area contributed by atoms with E-state index < -0.39 is 29.7 Å². The number of hydrogen-bond acceptors (Lipinski definition) is 6. The number of Topliss-reactive ketones (excluding diaryl/α,β-unsaturated/α-hetero) is 1. The van der Waals surface area contributed by atoms with Crippen LogP contribution in [0.25, 0.3) is 0 Å². The highest BCUT2D eigenvalue weighted by Crippen LogP contribution is 2.67. The van der Waals surface area contributed by atoms with Gasteiger partial charge in [-0.1, -0.05) is 59.3 Å². The lowest BCUT2D eigenvalue weighted by Gasteiger charge is -2.59. The molecule has 0 radical (unpaired) electrons. The van der Waals surface area contributed by atoms with Gasteiger partial charge in [-0.05, 0) is 66.6 Å². The molecule has 0 unspecified atom stereocenters. The van der Waals surface area contributed by atoms with E-state index in [1.54, 1.807) is 12.2 Å². The molecule has 0 amide bonds. The van der Waals surface area contributed by atoms with E-state index in [4.69, 9.17) is 4.74 Å². The highest BCUT2D eigenvalue weighted by molar-refractivity contribution is 6.01. The molecule has 3 fully saturated rings. The van der Waals surface area contributed by atoms with Crippen LogP contribution >= 0.6 is 0 Å². The molecule has 0 bridgehead atoms. The van der Waals surface area contributed by atoms with Crippen LogP contribution in [0.3, 0.4) is 0 Å². The normalized spacial score (nSPS) is 39.1. The van der Waals surface area contributed by atoms with E-state index in [9.17, 15) is 24.6 Å². The van der Waals surface area contributed by atoms with Gasteiger partial charge >= 0.3 is 5.97 Å². The number of ether oxygens (including phenoxy) is 1. The predicted octanol–water partition coefficient (Wildman–Crippen LogP) is 4.93. The van der Waals surface area contributed by atoms with E-state index in [-0.39, 0.29) is 53.5 Å². The summed E-state index contributed by atoms with van der Waals surface area (Å²) in [6, 6.07) is 0. The molecule has 0 aromatic rings. The van der Waals surface area contributed by atoms with Gasteiger partial charge in [0.1, 0.15) is 19.4 Å². The maximum absolute atomic E-state index is 15.2. The molecule has 0 heterocycles. The molecule has 38 heavy (non-hydrogen) atoms. The summed E-state index contributed by atoms with van der Waals surface area (Å²) >= 11 is 0. The third-order valence-electron chi connectivity index (χ3n) is 9.67. The Labute approximate surface area is 226 Å². The number of carbonyl (C=O) groups excluding carboxylic acids is 3.